The van der Waals surface area contributed by atoms with Crippen molar-refractivity contribution in [2.75, 3.05) is 13.6 Å². The zero-order valence-electron chi connectivity index (χ0n) is 8.98. The summed E-state index contributed by atoms with van der Waals surface area (Å²) >= 11 is 5.82. The van der Waals surface area contributed by atoms with Crippen LogP contribution in [-0.2, 0) is 6.54 Å². The van der Waals surface area contributed by atoms with Gasteiger partial charge in [-0.2, -0.15) is 0 Å². The third-order valence-corrected chi connectivity index (χ3v) is 2.61. The summed E-state index contributed by atoms with van der Waals surface area (Å²) in [6.45, 7) is 3.51. The number of rotatable bonds is 5. The number of benzene rings is 1. The molecule has 1 aromatic carbocycles. The summed E-state index contributed by atoms with van der Waals surface area (Å²) in [5.41, 5.74) is 0.791. The molecule has 0 bridgehead atoms. The van der Waals surface area contributed by atoms with Crippen molar-refractivity contribution in [2.24, 2.45) is 0 Å². The summed E-state index contributed by atoms with van der Waals surface area (Å²) in [5, 5.41) is 6.52. The first-order valence-electron chi connectivity index (χ1n) is 4.96. The highest BCUT2D eigenvalue weighted by Gasteiger charge is 2.06. The van der Waals surface area contributed by atoms with E-state index in [1.165, 1.54) is 6.07 Å². The van der Waals surface area contributed by atoms with Gasteiger partial charge in [0, 0.05) is 19.1 Å². The minimum Gasteiger partial charge on any atom is -0.318 e. The van der Waals surface area contributed by atoms with Gasteiger partial charge in [0.05, 0.1) is 5.02 Å². The van der Waals surface area contributed by atoms with E-state index in [4.69, 9.17) is 11.6 Å². The minimum atomic E-state index is -0.364. The molecule has 0 radical (unpaired) electrons. The third-order valence-electron chi connectivity index (χ3n) is 2.18. The first-order chi connectivity index (χ1) is 7.15. The van der Waals surface area contributed by atoms with Crippen molar-refractivity contribution in [3.05, 3.63) is 34.6 Å². The van der Waals surface area contributed by atoms with Crippen LogP contribution in [0, 0.1) is 5.82 Å². The molecule has 0 aliphatic carbocycles. The molecule has 84 valence electrons. The lowest BCUT2D eigenvalue weighted by molar-refractivity contribution is 0.521. The Labute approximate surface area is 94.8 Å². The number of likely N-dealkylation sites (N-methyl/N-ethyl adjacent to an activating group) is 1. The number of halogens is 2. The molecule has 1 unspecified atom stereocenters. The number of hydrogen-bond acceptors (Lipinski definition) is 2. The van der Waals surface area contributed by atoms with Crippen LogP contribution in [0.15, 0.2) is 18.2 Å². The molecule has 0 aliphatic heterocycles. The molecule has 0 amide bonds. The first kappa shape index (κ1) is 12.4. The van der Waals surface area contributed by atoms with Gasteiger partial charge in [-0.15, -0.1) is 0 Å². The fourth-order valence-corrected chi connectivity index (χ4v) is 1.54. The fourth-order valence-electron chi connectivity index (χ4n) is 1.35. The average Bonchev–Trinajstić information content (AvgIpc) is 2.21. The summed E-state index contributed by atoms with van der Waals surface area (Å²) < 4.78 is 13.1. The van der Waals surface area contributed by atoms with Gasteiger partial charge in [-0.05, 0) is 25.6 Å². The Kier molecular flexibility index (Phi) is 5.02. The van der Waals surface area contributed by atoms with Crippen molar-refractivity contribution in [1.82, 2.24) is 10.6 Å². The predicted octanol–water partition coefficient (Wildman–Crippen LogP) is 2.18. The van der Waals surface area contributed by atoms with Gasteiger partial charge >= 0.3 is 0 Å². The zero-order chi connectivity index (χ0) is 11.3. The van der Waals surface area contributed by atoms with Crippen LogP contribution in [0.2, 0.25) is 5.02 Å². The van der Waals surface area contributed by atoms with Gasteiger partial charge in [-0.3, -0.25) is 0 Å². The summed E-state index contributed by atoms with van der Waals surface area (Å²) in [7, 11) is 1.90. The molecule has 0 heterocycles. The lowest BCUT2D eigenvalue weighted by Gasteiger charge is -2.13. The number of hydrogen-bond donors (Lipinski definition) is 2. The van der Waals surface area contributed by atoms with E-state index in [1.54, 1.807) is 6.07 Å². The normalized spacial score (nSPS) is 12.8. The van der Waals surface area contributed by atoms with Gasteiger partial charge in [0.1, 0.15) is 5.82 Å². The van der Waals surface area contributed by atoms with E-state index >= 15 is 0 Å². The Morgan fingerprint density at radius 2 is 2.20 bits per heavy atom. The van der Waals surface area contributed by atoms with E-state index in [9.17, 15) is 4.39 Å². The quantitative estimate of drug-likeness (QED) is 0.810. The zero-order valence-corrected chi connectivity index (χ0v) is 9.74. The van der Waals surface area contributed by atoms with E-state index in [1.807, 2.05) is 13.1 Å². The highest BCUT2D eigenvalue weighted by atomic mass is 35.5. The van der Waals surface area contributed by atoms with Gasteiger partial charge < -0.3 is 10.6 Å². The molecule has 0 saturated heterocycles. The molecular weight excluding hydrogens is 215 g/mol. The molecule has 0 spiro atoms. The Balaban J connectivity index is 2.54. The average molecular weight is 231 g/mol. The molecule has 15 heavy (non-hydrogen) atoms. The van der Waals surface area contributed by atoms with E-state index in [0.29, 0.717) is 12.6 Å². The first-order valence-corrected chi connectivity index (χ1v) is 5.33. The Bertz CT molecular complexity index is 317. The molecule has 1 rings (SSSR count). The van der Waals surface area contributed by atoms with Gasteiger partial charge in [0.25, 0.3) is 0 Å². The molecule has 4 heteroatoms. The molecule has 2 nitrogen and oxygen atoms in total. The maximum Gasteiger partial charge on any atom is 0.142 e. The van der Waals surface area contributed by atoms with Gasteiger partial charge in [-0.1, -0.05) is 23.7 Å². The van der Waals surface area contributed by atoms with Gasteiger partial charge in [-0.25, -0.2) is 4.39 Å². The topological polar surface area (TPSA) is 24.1 Å². The van der Waals surface area contributed by atoms with E-state index in [2.05, 4.69) is 17.6 Å². The Hall–Kier alpha value is -0.640. The van der Waals surface area contributed by atoms with E-state index in [-0.39, 0.29) is 10.8 Å². The molecule has 1 aromatic rings. The van der Waals surface area contributed by atoms with E-state index in [0.717, 1.165) is 12.1 Å². The van der Waals surface area contributed by atoms with Crippen molar-refractivity contribution in [3.8, 4) is 0 Å². The second-order valence-electron chi connectivity index (χ2n) is 3.55. The second-order valence-corrected chi connectivity index (χ2v) is 3.93. The van der Waals surface area contributed by atoms with Crippen molar-refractivity contribution in [2.45, 2.75) is 19.5 Å². The standard InChI is InChI=1S/C11H16ClFN2/c1-8(6-14-2)15-7-9-4-3-5-10(13)11(9)12/h3-5,8,14-15H,6-7H2,1-2H3. The fraction of sp³-hybridized carbons (Fsp3) is 0.455. The SMILES string of the molecule is CNCC(C)NCc1cccc(F)c1Cl. The lowest BCUT2D eigenvalue weighted by atomic mass is 10.2. The molecule has 0 fully saturated rings. The van der Waals surface area contributed by atoms with Crippen LogP contribution in [0.1, 0.15) is 12.5 Å². The minimum absolute atomic E-state index is 0.210. The number of nitrogens with one attached hydrogen (secondary N) is 2. The predicted molar refractivity (Wildman–Crippen MR) is 61.6 cm³/mol. The molecule has 0 saturated carbocycles. The van der Waals surface area contributed by atoms with Crippen LogP contribution < -0.4 is 10.6 Å². The monoisotopic (exact) mass is 230 g/mol. The van der Waals surface area contributed by atoms with Crippen molar-refractivity contribution in [3.63, 3.8) is 0 Å². The summed E-state index contributed by atoms with van der Waals surface area (Å²) in [4.78, 5) is 0. The maximum atomic E-state index is 13.1. The van der Waals surface area contributed by atoms with Crippen LogP contribution in [0.3, 0.4) is 0 Å². The van der Waals surface area contributed by atoms with Crippen LogP contribution in [0.4, 0.5) is 4.39 Å². The van der Waals surface area contributed by atoms with Crippen molar-refractivity contribution in [1.29, 1.82) is 0 Å². The maximum absolute atomic E-state index is 13.1. The molecular formula is C11H16ClFN2. The Morgan fingerprint density at radius 1 is 1.47 bits per heavy atom. The molecule has 0 aliphatic rings. The third kappa shape index (κ3) is 3.78. The second kappa shape index (κ2) is 6.05. The van der Waals surface area contributed by atoms with Crippen LogP contribution in [0.5, 0.6) is 0 Å². The van der Waals surface area contributed by atoms with Crippen molar-refractivity contribution < 1.29 is 4.39 Å². The lowest BCUT2D eigenvalue weighted by Crippen LogP contribution is -2.34. The van der Waals surface area contributed by atoms with Crippen LogP contribution in [0.25, 0.3) is 0 Å². The molecule has 0 aromatic heterocycles. The smallest absolute Gasteiger partial charge is 0.142 e. The summed E-state index contributed by atoms with van der Waals surface area (Å²) in [6, 6.07) is 5.18. The largest absolute Gasteiger partial charge is 0.318 e. The van der Waals surface area contributed by atoms with Gasteiger partial charge in [0.2, 0.25) is 0 Å². The van der Waals surface area contributed by atoms with Gasteiger partial charge in [0.15, 0.2) is 0 Å². The highest BCUT2D eigenvalue weighted by Crippen LogP contribution is 2.19. The molecule has 2 N–H and O–H groups in total. The van der Waals surface area contributed by atoms with Crippen LogP contribution in [-0.4, -0.2) is 19.6 Å². The summed E-state index contributed by atoms with van der Waals surface area (Å²) in [5.74, 6) is -0.364. The Morgan fingerprint density at radius 3 is 2.87 bits per heavy atom. The highest BCUT2D eigenvalue weighted by molar-refractivity contribution is 6.31. The van der Waals surface area contributed by atoms with Crippen LogP contribution >= 0.6 is 11.6 Å². The summed E-state index contributed by atoms with van der Waals surface area (Å²) in [6.07, 6.45) is 0. The van der Waals surface area contributed by atoms with Crippen molar-refractivity contribution >= 4 is 11.6 Å². The molecule has 1 atom stereocenters. The van der Waals surface area contributed by atoms with E-state index < -0.39 is 0 Å².